The number of hydrogen-bond donors (Lipinski definition) is 1. The van der Waals surface area contributed by atoms with Gasteiger partial charge in [-0.25, -0.2) is 0 Å². The molecule has 3 nitrogen and oxygen atoms in total. The minimum atomic E-state index is -0.622. The summed E-state index contributed by atoms with van der Waals surface area (Å²) >= 11 is 0. The van der Waals surface area contributed by atoms with Crippen molar-refractivity contribution >= 4 is 5.78 Å². The first-order chi connectivity index (χ1) is 9.03. The summed E-state index contributed by atoms with van der Waals surface area (Å²) in [6.45, 7) is 4.28. The molecule has 19 heavy (non-hydrogen) atoms. The van der Waals surface area contributed by atoms with Crippen LogP contribution in [0.4, 0.5) is 0 Å². The van der Waals surface area contributed by atoms with Gasteiger partial charge in [0.15, 0.2) is 5.78 Å². The van der Waals surface area contributed by atoms with Crippen molar-refractivity contribution in [1.29, 1.82) is 0 Å². The monoisotopic (exact) mass is 260 g/mol. The van der Waals surface area contributed by atoms with Crippen LogP contribution in [0.25, 0.3) is 0 Å². The molecule has 2 unspecified atom stereocenters. The molecule has 1 fully saturated rings. The molecular formula is C16H24N2O. The third kappa shape index (κ3) is 3.41. The van der Waals surface area contributed by atoms with Gasteiger partial charge in [-0.05, 0) is 36.8 Å². The van der Waals surface area contributed by atoms with Crippen LogP contribution in [0.15, 0.2) is 18.3 Å². The van der Waals surface area contributed by atoms with Crippen molar-refractivity contribution in [2.75, 3.05) is 0 Å². The maximum atomic E-state index is 12.4. The van der Waals surface area contributed by atoms with E-state index in [0.717, 1.165) is 31.4 Å². The van der Waals surface area contributed by atoms with Gasteiger partial charge in [0.25, 0.3) is 0 Å². The Balaban J connectivity index is 2.03. The molecule has 0 saturated heterocycles. The molecule has 0 radical (unpaired) electrons. The van der Waals surface area contributed by atoms with Gasteiger partial charge in [-0.3, -0.25) is 9.78 Å². The molecule has 104 valence electrons. The number of nitrogens with zero attached hydrogens (tertiary/aromatic N) is 1. The number of Topliss-reactive ketones (excluding diaryl/α,β-unsaturated/α-hetero) is 1. The fourth-order valence-corrected chi connectivity index (χ4v) is 2.95. The first-order valence-corrected chi connectivity index (χ1v) is 7.29. The highest BCUT2D eigenvalue weighted by Gasteiger charge is 2.37. The normalized spacial score (nSPS) is 27.2. The predicted octanol–water partition coefficient (Wildman–Crippen LogP) is 2.66. The van der Waals surface area contributed by atoms with Gasteiger partial charge in [0, 0.05) is 11.9 Å². The third-order valence-electron chi connectivity index (χ3n) is 4.22. The Bertz CT molecular complexity index is 441. The summed E-state index contributed by atoms with van der Waals surface area (Å²) in [5.41, 5.74) is 7.73. The van der Waals surface area contributed by atoms with E-state index in [2.05, 4.69) is 18.8 Å². The smallest absolute Gasteiger partial charge is 0.158 e. The van der Waals surface area contributed by atoms with E-state index in [-0.39, 0.29) is 5.78 Å². The number of hydrogen-bond acceptors (Lipinski definition) is 3. The van der Waals surface area contributed by atoms with E-state index in [1.54, 1.807) is 0 Å². The van der Waals surface area contributed by atoms with Gasteiger partial charge in [0.05, 0.1) is 12.0 Å². The maximum Gasteiger partial charge on any atom is 0.158 e. The molecule has 0 spiro atoms. The second kappa shape index (κ2) is 5.83. The minimum Gasteiger partial charge on any atom is -0.319 e. The summed E-state index contributed by atoms with van der Waals surface area (Å²) in [6, 6.07) is 3.99. The largest absolute Gasteiger partial charge is 0.319 e. The second-order valence-electron chi connectivity index (χ2n) is 5.97. The number of aromatic nitrogens is 1. The summed E-state index contributed by atoms with van der Waals surface area (Å²) in [4.78, 5) is 16.8. The fraction of sp³-hybridized carbons (Fsp3) is 0.625. The molecule has 3 heteroatoms. The van der Waals surface area contributed by atoms with Crippen LogP contribution in [0.1, 0.15) is 50.8 Å². The Morgan fingerprint density at radius 2 is 2.32 bits per heavy atom. The number of carbonyl (C=O) groups excluding carboxylic acids is 1. The fourth-order valence-electron chi connectivity index (χ4n) is 2.95. The number of carbonyl (C=O) groups is 1. The number of aryl methyl sites for hydroxylation is 1. The quantitative estimate of drug-likeness (QED) is 0.905. The van der Waals surface area contributed by atoms with Crippen LogP contribution in [0, 0.1) is 5.92 Å². The van der Waals surface area contributed by atoms with Crippen LogP contribution >= 0.6 is 0 Å². The topological polar surface area (TPSA) is 56.0 Å². The van der Waals surface area contributed by atoms with Crippen molar-refractivity contribution in [2.45, 2.75) is 57.9 Å². The van der Waals surface area contributed by atoms with E-state index in [1.807, 2.05) is 18.3 Å². The molecule has 1 aliphatic carbocycles. The second-order valence-corrected chi connectivity index (χ2v) is 5.97. The molecule has 1 saturated carbocycles. The van der Waals surface area contributed by atoms with Crippen molar-refractivity contribution in [3.05, 3.63) is 29.6 Å². The lowest BCUT2D eigenvalue weighted by molar-refractivity contribution is -0.125. The minimum absolute atomic E-state index is 0.149. The lowest BCUT2D eigenvalue weighted by Gasteiger charge is -2.35. The van der Waals surface area contributed by atoms with E-state index < -0.39 is 5.54 Å². The summed E-state index contributed by atoms with van der Waals surface area (Å²) in [7, 11) is 0. The number of nitrogens with two attached hydrogens (primary N) is 1. The maximum absolute atomic E-state index is 12.4. The van der Waals surface area contributed by atoms with Crippen molar-refractivity contribution < 1.29 is 4.79 Å². The highest BCUT2D eigenvalue weighted by molar-refractivity contribution is 5.89. The van der Waals surface area contributed by atoms with E-state index in [1.165, 1.54) is 12.0 Å². The Morgan fingerprint density at radius 1 is 1.53 bits per heavy atom. The third-order valence-corrected chi connectivity index (χ3v) is 4.22. The summed E-state index contributed by atoms with van der Waals surface area (Å²) in [6.07, 6.45) is 7.09. The van der Waals surface area contributed by atoms with Crippen LogP contribution in [0.3, 0.4) is 0 Å². The Kier molecular flexibility index (Phi) is 4.35. The Morgan fingerprint density at radius 3 is 2.89 bits per heavy atom. The van der Waals surface area contributed by atoms with Gasteiger partial charge in [-0.2, -0.15) is 0 Å². The first-order valence-electron chi connectivity index (χ1n) is 7.29. The molecule has 1 aromatic rings. The summed E-state index contributed by atoms with van der Waals surface area (Å²) in [5, 5.41) is 0. The molecule has 0 aromatic carbocycles. The Labute approximate surface area is 115 Å². The van der Waals surface area contributed by atoms with Gasteiger partial charge in [-0.15, -0.1) is 0 Å². The van der Waals surface area contributed by atoms with E-state index in [0.29, 0.717) is 12.3 Å². The molecule has 2 atom stereocenters. The number of pyridine rings is 1. The van der Waals surface area contributed by atoms with Gasteiger partial charge in [-0.1, -0.05) is 32.8 Å². The zero-order valence-electron chi connectivity index (χ0n) is 12.0. The van der Waals surface area contributed by atoms with Crippen molar-refractivity contribution in [3.8, 4) is 0 Å². The summed E-state index contributed by atoms with van der Waals surface area (Å²) < 4.78 is 0. The van der Waals surface area contributed by atoms with Crippen molar-refractivity contribution in [3.63, 3.8) is 0 Å². The molecule has 0 aliphatic heterocycles. The van der Waals surface area contributed by atoms with Crippen molar-refractivity contribution in [1.82, 2.24) is 4.98 Å². The average molecular weight is 260 g/mol. The molecular weight excluding hydrogens is 236 g/mol. The van der Waals surface area contributed by atoms with Gasteiger partial charge < -0.3 is 5.73 Å². The molecule has 1 aliphatic rings. The SMILES string of the molecule is CCc1ccc(CC(=O)C2(N)CCCC(C)C2)nc1. The lowest BCUT2D eigenvalue weighted by Crippen LogP contribution is -2.51. The van der Waals surface area contributed by atoms with Crippen LogP contribution in [0.2, 0.25) is 0 Å². The highest BCUT2D eigenvalue weighted by atomic mass is 16.1. The van der Waals surface area contributed by atoms with Crippen LogP contribution < -0.4 is 5.73 Å². The van der Waals surface area contributed by atoms with Crippen LogP contribution in [-0.2, 0) is 17.6 Å². The van der Waals surface area contributed by atoms with E-state index >= 15 is 0 Å². The predicted molar refractivity (Wildman–Crippen MR) is 76.9 cm³/mol. The standard InChI is InChI=1S/C16H24N2O/c1-3-13-6-7-14(18-11-13)9-15(19)16(17)8-4-5-12(2)10-16/h6-7,11-12H,3-5,8-10,17H2,1-2H3. The molecule has 0 amide bonds. The number of rotatable bonds is 4. The molecule has 0 bridgehead atoms. The van der Waals surface area contributed by atoms with E-state index in [4.69, 9.17) is 5.73 Å². The van der Waals surface area contributed by atoms with Gasteiger partial charge >= 0.3 is 0 Å². The summed E-state index contributed by atoms with van der Waals surface area (Å²) in [5.74, 6) is 0.703. The molecule has 2 N–H and O–H groups in total. The van der Waals surface area contributed by atoms with E-state index in [9.17, 15) is 4.79 Å². The highest BCUT2D eigenvalue weighted by Crippen LogP contribution is 2.31. The Hall–Kier alpha value is -1.22. The van der Waals surface area contributed by atoms with Gasteiger partial charge in [0.1, 0.15) is 0 Å². The zero-order chi connectivity index (χ0) is 13.9. The number of ketones is 1. The molecule has 2 rings (SSSR count). The molecule has 1 aromatic heterocycles. The van der Waals surface area contributed by atoms with Gasteiger partial charge in [0.2, 0.25) is 0 Å². The van der Waals surface area contributed by atoms with Crippen molar-refractivity contribution in [2.24, 2.45) is 11.7 Å². The van der Waals surface area contributed by atoms with Crippen LogP contribution in [0.5, 0.6) is 0 Å². The first kappa shape index (κ1) is 14.2. The lowest BCUT2D eigenvalue weighted by atomic mass is 9.74. The average Bonchev–Trinajstić information content (AvgIpc) is 2.39. The van der Waals surface area contributed by atoms with Crippen LogP contribution in [-0.4, -0.2) is 16.3 Å². The zero-order valence-corrected chi connectivity index (χ0v) is 12.0. The molecule has 1 heterocycles.